The zero-order valence-corrected chi connectivity index (χ0v) is 15.1. The number of amides is 1. The van der Waals surface area contributed by atoms with Crippen LogP contribution >= 0.6 is 0 Å². The fraction of sp³-hybridized carbons (Fsp3) is 0.400. The van der Waals surface area contributed by atoms with Gasteiger partial charge in [-0.25, -0.2) is 13.6 Å². The van der Waals surface area contributed by atoms with E-state index in [1.54, 1.807) is 6.33 Å². The molecule has 0 aliphatic heterocycles. The highest BCUT2D eigenvalue weighted by molar-refractivity contribution is 7.89. The van der Waals surface area contributed by atoms with Crippen LogP contribution in [-0.2, 0) is 16.4 Å². The zero-order valence-electron chi connectivity index (χ0n) is 14.3. The number of benzene rings is 1. The molecule has 1 aromatic heterocycles. The van der Waals surface area contributed by atoms with Crippen LogP contribution in [-0.4, -0.2) is 42.7 Å². The number of carbonyl (C=O) groups excluding carboxylic acids is 1. The number of aromatic nitrogens is 3. The summed E-state index contributed by atoms with van der Waals surface area (Å²) in [4.78, 5) is 12.2. The van der Waals surface area contributed by atoms with Gasteiger partial charge in [0.1, 0.15) is 17.9 Å². The van der Waals surface area contributed by atoms with Crippen molar-refractivity contribution in [2.24, 2.45) is 5.14 Å². The van der Waals surface area contributed by atoms with Crippen LogP contribution in [0.25, 0.3) is 0 Å². The molecule has 136 valence electrons. The minimum absolute atomic E-state index is 0.0966. The van der Waals surface area contributed by atoms with Gasteiger partial charge in [0.25, 0.3) is 5.91 Å². The van der Waals surface area contributed by atoms with E-state index >= 15 is 0 Å². The summed E-state index contributed by atoms with van der Waals surface area (Å²) in [6, 6.07) is 4.09. The minimum atomic E-state index is -3.91. The molecular weight excluding hydrogens is 346 g/mol. The Morgan fingerprint density at radius 2 is 2.12 bits per heavy atom. The van der Waals surface area contributed by atoms with Crippen LogP contribution in [0.1, 0.15) is 36.1 Å². The Morgan fingerprint density at radius 3 is 2.72 bits per heavy atom. The second-order valence-corrected chi connectivity index (χ2v) is 7.22. The Balaban J connectivity index is 2.11. The lowest BCUT2D eigenvalue weighted by Crippen LogP contribution is -2.27. The first-order valence-corrected chi connectivity index (χ1v) is 9.16. The summed E-state index contributed by atoms with van der Waals surface area (Å²) in [6.07, 6.45) is 2.13. The number of nitrogens with two attached hydrogens (primary N) is 1. The summed E-state index contributed by atoms with van der Waals surface area (Å²) in [6.45, 7) is 4.33. The molecule has 2 aromatic rings. The smallest absolute Gasteiger partial charge is 0.255 e. The molecule has 0 aliphatic rings. The molecule has 0 atom stereocenters. The Kier molecular flexibility index (Phi) is 5.75. The Bertz CT molecular complexity index is 861. The number of ether oxygens (including phenoxy) is 1. The van der Waals surface area contributed by atoms with Crippen molar-refractivity contribution in [3.8, 4) is 5.75 Å². The van der Waals surface area contributed by atoms with E-state index in [1.165, 1.54) is 25.3 Å². The minimum Gasteiger partial charge on any atom is -0.496 e. The van der Waals surface area contributed by atoms with Gasteiger partial charge in [0.15, 0.2) is 0 Å². The van der Waals surface area contributed by atoms with E-state index in [4.69, 9.17) is 9.88 Å². The molecule has 0 fully saturated rings. The molecule has 0 radical (unpaired) electrons. The summed E-state index contributed by atoms with van der Waals surface area (Å²) in [5.74, 6) is 0.550. The van der Waals surface area contributed by atoms with Crippen molar-refractivity contribution in [2.75, 3.05) is 13.7 Å². The van der Waals surface area contributed by atoms with Crippen LogP contribution in [0.15, 0.2) is 29.4 Å². The summed E-state index contributed by atoms with van der Waals surface area (Å²) < 4.78 is 30.0. The van der Waals surface area contributed by atoms with Crippen molar-refractivity contribution in [2.45, 2.75) is 31.2 Å². The third-order valence-electron chi connectivity index (χ3n) is 3.58. The van der Waals surface area contributed by atoms with Crippen LogP contribution in [0.3, 0.4) is 0 Å². The number of hydrogen-bond acceptors (Lipinski definition) is 6. The van der Waals surface area contributed by atoms with E-state index in [0.29, 0.717) is 13.0 Å². The molecule has 2 rings (SSSR count). The third-order valence-corrected chi connectivity index (χ3v) is 4.49. The normalized spacial score (nSPS) is 11.6. The maximum Gasteiger partial charge on any atom is 0.255 e. The first-order valence-electron chi connectivity index (χ1n) is 7.61. The first kappa shape index (κ1) is 18.9. The number of methoxy groups -OCH3 is 1. The molecule has 0 bridgehead atoms. The van der Waals surface area contributed by atoms with Crippen LogP contribution in [0.5, 0.6) is 5.75 Å². The van der Waals surface area contributed by atoms with E-state index in [9.17, 15) is 13.2 Å². The molecule has 10 heteroatoms. The molecular formula is C15H21N5O4S. The highest BCUT2D eigenvalue weighted by atomic mass is 32.2. The maximum atomic E-state index is 12.4. The number of nitrogens with zero attached hydrogens (tertiary/aromatic N) is 3. The number of nitrogens with one attached hydrogen (secondary N) is 1. The van der Waals surface area contributed by atoms with Gasteiger partial charge in [-0.1, -0.05) is 0 Å². The number of hydrogen-bond donors (Lipinski definition) is 2. The van der Waals surface area contributed by atoms with E-state index in [2.05, 4.69) is 15.5 Å². The van der Waals surface area contributed by atoms with E-state index < -0.39 is 15.9 Å². The topological polar surface area (TPSA) is 129 Å². The van der Waals surface area contributed by atoms with Gasteiger partial charge in [-0.05, 0) is 32.0 Å². The average molecular weight is 367 g/mol. The molecule has 1 aromatic carbocycles. The van der Waals surface area contributed by atoms with Gasteiger partial charge in [0, 0.05) is 19.0 Å². The first-order chi connectivity index (χ1) is 11.7. The number of rotatable bonds is 7. The fourth-order valence-corrected chi connectivity index (χ4v) is 2.84. The molecule has 25 heavy (non-hydrogen) atoms. The lowest BCUT2D eigenvalue weighted by molar-refractivity contribution is 0.0950. The quantitative estimate of drug-likeness (QED) is 0.732. The summed E-state index contributed by atoms with van der Waals surface area (Å²) >= 11 is 0. The van der Waals surface area contributed by atoms with Crippen molar-refractivity contribution >= 4 is 15.9 Å². The van der Waals surface area contributed by atoms with Gasteiger partial charge in [-0.15, -0.1) is 10.2 Å². The lowest BCUT2D eigenvalue weighted by Gasteiger charge is -2.12. The Labute approximate surface area is 146 Å². The van der Waals surface area contributed by atoms with Crippen molar-refractivity contribution in [3.63, 3.8) is 0 Å². The zero-order chi connectivity index (χ0) is 18.6. The summed E-state index contributed by atoms with van der Waals surface area (Å²) in [7, 11) is -2.52. The highest BCUT2D eigenvalue weighted by Gasteiger charge is 2.17. The molecule has 1 amide bonds. The van der Waals surface area contributed by atoms with Gasteiger partial charge >= 0.3 is 0 Å². The predicted molar refractivity (Wildman–Crippen MR) is 90.8 cm³/mol. The van der Waals surface area contributed by atoms with Crippen molar-refractivity contribution < 1.29 is 17.9 Å². The number of primary sulfonamides is 1. The van der Waals surface area contributed by atoms with Gasteiger partial charge in [0.05, 0.1) is 17.6 Å². The van der Waals surface area contributed by atoms with Crippen molar-refractivity contribution in [1.82, 2.24) is 20.1 Å². The molecule has 0 unspecified atom stereocenters. The second-order valence-electron chi connectivity index (χ2n) is 5.66. The fourth-order valence-electron chi connectivity index (χ4n) is 2.30. The van der Waals surface area contributed by atoms with Crippen LogP contribution < -0.4 is 15.2 Å². The molecule has 3 N–H and O–H groups in total. The molecule has 0 saturated carbocycles. The Morgan fingerprint density at radius 1 is 1.40 bits per heavy atom. The monoisotopic (exact) mass is 367 g/mol. The van der Waals surface area contributed by atoms with Crippen LogP contribution in [0.2, 0.25) is 0 Å². The molecule has 9 nitrogen and oxygen atoms in total. The van der Waals surface area contributed by atoms with E-state index in [-0.39, 0.29) is 22.3 Å². The second kappa shape index (κ2) is 7.62. The van der Waals surface area contributed by atoms with E-state index in [1.807, 2.05) is 18.4 Å². The summed E-state index contributed by atoms with van der Waals surface area (Å²) in [5, 5.41) is 15.7. The van der Waals surface area contributed by atoms with Crippen LogP contribution in [0.4, 0.5) is 0 Å². The predicted octanol–water partition coefficient (Wildman–Crippen LogP) is 0.488. The third kappa shape index (κ3) is 4.54. The molecule has 1 heterocycles. The SMILES string of the molecule is COc1ccc(S(N)(=O)=O)cc1C(=O)NCCc1nncn1C(C)C. The van der Waals surface area contributed by atoms with Crippen LogP contribution in [0, 0.1) is 0 Å². The standard InChI is InChI=1S/C15H21N5O4S/c1-10(2)20-9-18-19-14(20)6-7-17-15(21)12-8-11(25(16,22)23)4-5-13(12)24-3/h4-5,8-10H,6-7H2,1-3H3,(H,17,21)(H2,16,22,23). The summed E-state index contributed by atoms with van der Waals surface area (Å²) in [5.41, 5.74) is 0.0966. The van der Waals surface area contributed by atoms with Gasteiger partial charge < -0.3 is 14.6 Å². The molecule has 0 spiro atoms. The number of sulfonamides is 1. The van der Waals surface area contributed by atoms with Crippen molar-refractivity contribution in [3.05, 3.63) is 35.9 Å². The van der Waals surface area contributed by atoms with Crippen molar-refractivity contribution in [1.29, 1.82) is 0 Å². The van der Waals surface area contributed by atoms with Gasteiger partial charge in [0.2, 0.25) is 10.0 Å². The van der Waals surface area contributed by atoms with E-state index in [0.717, 1.165) is 5.82 Å². The average Bonchev–Trinajstić information content (AvgIpc) is 3.02. The Hall–Kier alpha value is -2.46. The maximum absolute atomic E-state index is 12.4. The molecule has 0 aliphatic carbocycles. The van der Waals surface area contributed by atoms with Gasteiger partial charge in [-0.3, -0.25) is 4.79 Å². The van der Waals surface area contributed by atoms with Gasteiger partial charge in [-0.2, -0.15) is 0 Å². The largest absolute Gasteiger partial charge is 0.496 e. The lowest BCUT2D eigenvalue weighted by atomic mass is 10.2. The highest BCUT2D eigenvalue weighted by Crippen LogP contribution is 2.21. The number of carbonyl (C=O) groups is 1. The molecule has 0 saturated heterocycles.